The lowest BCUT2D eigenvalue weighted by Crippen LogP contribution is -2.17. The van der Waals surface area contributed by atoms with Crippen molar-refractivity contribution in [3.63, 3.8) is 0 Å². The van der Waals surface area contributed by atoms with E-state index in [9.17, 15) is 0 Å². The summed E-state index contributed by atoms with van der Waals surface area (Å²) in [7, 11) is 0. The van der Waals surface area contributed by atoms with E-state index >= 15 is 0 Å². The van der Waals surface area contributed by atoms with Crippen molar-refractivity contribution in [1.82, 2.24) is 9.55 Å². The van der Waals surface area contributed by atoms with Crippen molar-refractivity contribution in [2.75, 3.05) is 0 Å². The molecule has 1 aromatic heterocycles. The summed E-state index contributed by atoms with van der Waals surface area (Å²) in [6.07, 6.45) is 0. The van der Waals surface area contributed by atoms with E-state index in [1.807, 2.05) is 60.7 Å². The van der Waals surface area contributed by atoms with Crippen LogP contribution in [0.1, 0.15) is 16.7 Å². The van der Waals surface area contributed by atoms with Gasteiger partial charge in [0.15, 0.2) is 5.84 Å². The Morgan fingerprint density at radius 3 is 2.00 bits per heavy atom. The largest absolute Gasteiger partial charge is 0.383 e. The molecule has 5 nitrogen and oxygen atoms in total. The third kappa shape index (κ3) is 6.01. The van der Waals surface area contributed by atoms with Gasteiger partial charge in [0.2, 0.25) is 0 Å². The van der Waals surface area contributed by atoms with Crippen molar-refractivity contribution in [1.29, 1.82) is 0 Å². The molecule has 0 aliphatic heterocycles. The van der Waals surface area contributed by atoms with E-state index in [1.54, 1.807) is 0 Å². The first-order valence-electron chi connectivity index (χ1n) is 16.4. The van der Waals surface area contributed by atoms with Gasteiger partial charge in [0.1, 0.15) is 11.7 Å². The summed E-state index contributed by atoms with van der Waals surface area (Å²) in [5, 5.41) is 2.17. The van der Waals surface area contributed by atoms with Gasteiger partial charge >= 0.3 is 0 Å². The minimum absolute atomic E-state index is 0.418. The fraction of sp³-hybridized carbons (Fsp3) is 0.0227. The molecule has 2 N–H and O–H groups in total. The van der Waals surface area contributed by atoms with E-state index in [0.717, 1.165) is 66.7 Å². The Balaban J connectivity index is 1.28. The molecule has 0 spiro atoms. The van der Waals surface area contributed by atoms with E-state index in [1.165, 1.54) is 0 Å². The van der Waals surface area contributed by atoms with Crippen LogP contribution in [0.25, 0.3) is 50.0 Å². The molecular weight excluding hydrogens is 599 g/mol. The monoisotopic (exact) mass is 631 g/mol. The molecule has 8 rings (SSSR count). The minimum Gasteiger partial charge on any atom is -0.383 e. The molecule has 49 heavy (non-hydrogen) atoms. The molecule has 5 heteroatoms. The summed E-state index contributed by atoms with van der Waals surface area (Å²) in [6, 6.07) is 60.1. The maximum absolute atomic E-state index is 6.67. The first-order chi connectivity index (χ1) is 24.2. The molecule has 8 aromatic rings. The summed E-state index contributed by atoms with van der Waals surface area (Å²) in [6.45, 7) is 0.471. The van der Waals surface area contributed by atoms with Crippen molar-refractivity contribution < 1.29 is 0 Å². The standard InChI is InChI=1S/C44H33N5/c45-42(34-17-6-2-7-18-34)48-43(46-30-31-14-4-1-5-15-31)41-37-21-11-10-16-32(37)28-29-38(41)33-24-26-35(27-25-33)44-47-39-22-12-13-23-40(39)49(44)36-19-8-3-9-20-36/h1-29H,30H2,(H2,45,46,48). The second-order valence-corrected chi connectivity index (χ2v) is 11.9. The fourth-order valence-electron chi connectivity index (χ4n) is 6.32. The molecule has 0 bridgehead atoms. The minimum atomic E-state index is 0.418. The van der Waals surface area contributed by atoms with Gasteiger partial charge in [-0.1, -0.05) is 152 Å². The van der Waals surface area contributed by atoms with Gasteiger partial charge in [0.05, 0.1) is 17.6 Å². The van der Waals surface area contributed by atoms with Gasteiger partial charge in [-0.05, 0) is 51.7 Å². The van der Waals surface area contributed by atoms with Crippen LogP contribution in [0.4, 0.5) is 0 Å². The van der Waals surface area contributed by atoms with Gasteiger partial charge in [-0.3, -0.25) is 9.56 Å². The molecule has 0 amide bonds. The van der Waals surface area contributed by atoms with Crippen LogP contribution in [0.3, 0.4) is 0 Å². The van der Waals surface area contributed by atoms with Crippen LogP contribution in [0, 0.1) is 0 Å². The number of imidazole rings is 1. The van der Waals surface area contributed by atoms with Crippen LogP contribution in [0.5, 0.6) is 0 Å². The number of nitrogens with two attached hydrogens (primary N) is 1. The average molecular weight is 632 g/mol. The number of amidine groups is 2. The SMILES string of the molecule is N/C(=N\C(=N/Cc1ccccc1)c1c(-c2ccc(-c3nc4ccccc4n3-c3ccccc3)cc2)ccc2ccccc12)c1ccccc1. The highest BCUT2D eigenvalue weighted by Crippen LogP contribution is 2.34. The van der Waals surface area contributed by atoms with E-state index in [4.69, 9.17) is 20.7 Å². The molecule has 7 aromatic carbocycles. The van der Waals surface area contributed by atoms with E-state index in [-0.39, 0.29) is 0 Å². The molecule has 0 aliphatic rings. The molecule has 0 saturated heterocycles. The smallest absolute Gasteiger partial charge is 0.158 e. The van der Waals surface area contributed by atoms with E-state index < -0.39 is 0 Å². The highest BCUT2D eigenvalue weighted by atomic mass is 15.1. The number of rotatable bonds is 7. The predicted octanol–water partition coefficient (Wildman–Crippen LogP) is 9.86. The van der Waals surface area contributed by atoms with Crippen LogP contribution < -0.4 is 5.73 Å². The molecular formula is C44H33N5. The highest BCUT2D eigenvalue weighted by Gasteiger charge is 2.18. The topological polar surface area (TPSA) is 68.6 Å². The van der Waals surface area contributed by atoms with Crippen LogP contribution >= 0.6 is 0 Å². The first-order valence-corrected chi connectivity index (χ1v) is 16.4. The molecule has 0 fully saturated rings. The zero-order valence-corrected chi connectivity index (χ0v) is 26.8. The van der Waals surface area contributed by atoms with Gasteiger partial charge in [0.25, 0.3) is 0 Å². The number of nitrogens with zero attached hydrogens (tertiary/aromatic N) is 4. The maximum Gasteiger partial charge on any atom is 0.158 e. The third-order valence-electron chi connectivity index (χ3n) is 8.73. The van der Waals surface area contributed by atoms with Gasteiger partial charge in [-0.15, -0.1) is 0 Å². The number of hydrogen-bond acceptors (Lipinski definition) is 2. The maximum atomic E-state index is 6.67. The fourth-order valence-corrected chi connectivity index (χ4v) is 6.32. The first kappa shape index (κ1) is 29.8. The quantitative estimate of drug-likeness (QED) is 0.141. The second-order valence-electron chi connectivity index (χ2n) is 11.9. The van der Waals surface area contributed by atoms with Crippen molar-refractivity contribution in [2.24, 2.45) is 15.7 Å². The Bertz CT molecular complexity index is 2440. The summed E-state index contributed by atoms with van der Waals surface area (Å²) in [5.74, 6) is 1.90. The molecule has 0 unspecified atom stereocenters. The summed E-state index contributed by atoms with van der Waals surface area (Å²) < 4.78 is 2.22. The van der Waals surface area contributed by atoms with Gasteiger partial charge in [-0.2, -0.15) is 0 Å². The second kappa shape index (κ2) is 13.3. The predicted molar refractivity (Wildman–Crippen MR) is 203 cm³/mol. The Kier molecular flexibility index (Phi) is 8.06. The van der Waals surface area contributed by atoms with Crippen LogP contribution in [0.2, 0.25) is 0 Å². The zero-order chi connectivity index (χ0) is 33.0. The lowest BCUT2D eigenvalue weighted by molar-refractivity contribution is 1.06. The van der Waals surface area contributed by atoms with Crippen molar-refractivity contribution in [3.8, 4) is 28.2 Å². The Morgan fingerprint density at radius 1 is 0.592 bits per heavy atom. The highest BCUT2D eigenvalue weighted by molar-refractivity contribution is 6.19. The van der Waals surface area contributed by atoms with Crippen molar-refractivity contribution >= 4 is 33.5 Å². The van der Waals surface area contributed by atoms with Gasteiger partial charge < -0.3 is 5.73 Å². The molecule has 0 saturated carbocycles. The van der Waals surface area contributed by atoms with Crippen molar-refractivity contribution in [2.45, 2.75) is 6.54 Å². The molecule has 1 heterocycles. The van der Waals surface area contributed by atoms with E-state index in [2.05, 4.69) is 120 Å². The summed E-state index contributed by atoms with van der Waals surface area (Å²) in [5.41, 5.74) is 15.8. The average Bonchev–Trinajstić information content (AvgIpc) is 3.57. The number of para-hydroxylation sites is 3. The zero-order valence-electron chi connectivity index (χ0n) is 26.8. The summed E-state index contributed by atoms with van der Waals surface area (Å²) >= 11 is 0. The number of aliphatic imine (C=N–C) groups is 2. The molecule has 0 radical (unpaired) electrons. The number of hydrogen-bond donors (Lipinski definition) is 1. The van der Waals surface area contributed by atoms with Crippen LogP contribution in [-0.4, -0.2) is 21.2 Å². The summed E-state index contributed by atoms with van der Waals surface area (Å²) in [4.78, 5) is 15.2. The molecule has 0 aliphatic carbocycles. The Labute approximate surface area is 285 Å². The van der Waals surface area contributed by atoms with E-state index in [0.29, 0.717) is 18.2 Å². The van der Waals surface area contributed by atoms with Crippen molar-refractivity contribution in [3.05, 3.63) is 193 Å². The van der Waals surface area contributed by atoms with Gasteiger partial charge in [0, 0.05) is 22.4 Å². The lowest BCUT2D eigenvalue weighted by atomic mass is 9.92. The number of aromatic nitrogens is 2. The molecule has 234 valence electrons. The third-order valence-corrected chi connectivity index (χ3v) is 8.73. The van der Waals surface area contributed by atoms with Crippen LogP contribution in [-0.2, 0) is 6.54 Å². The number of fused-ring (bicyclic) bond motifs is 2. The van der Waals surface area contributed by atoms with Crippen LogP contribution in [0.15, 0.2) is 186 Å². The normalized spacial score (nSPS) is 12.1. The Morgan fingerprint density at radius 2 is 1.22 bits per heavy atom. The lowest BCUT2D eigenvalue weighted by Gasteiger charge is -2.15. The molecule has 0 atom stereocenters. The number of benzene rings is 7. The Hall–Kier alpha value is -6.59. The van der Waals surface area contributed by atoms with Gasteiger partial charge in [-0.25, -0.2) is 9.98 Å².